The Morgan fingerprint density at radius 3 is 2.68 bits per heavy atom. The number of carbonyl (C=O) groups is 2. The van der Waals surface area contributed by atoms with E-state index in [-0.39, 0.29) is 28.7 Å². The van der Waals surface area contributed by atoms with Crippen molar-refractivity contribution in [2.75, 3.05) is 0 Å². The smallest absolute Gasteiger partial charge is 0.302 e. The van der Waals surface area contributed by atoms with E-state index in [0.717, 1.165) is 44.1 Å². The highest BCUT2D eigenvalue weighted by molar-refractivity contribution is 5.91. The molecule has 3 fully saturated rings. The molecular weight excluding hydrogens is 316 g/mol. The van der Waals surface area contributed by atoms with Crippen molar-refractivity contribution in [2.45, 2.75) is 77.9 Å². The molecule has 0 heterocycles. The van der Waals surface area contributed by atoms with E-state index in [1.807, 2.05) is 0 Å². The Labute approximate surface area is 150 Å². The van der Waals surface area contributed by atoms with Gasteiger partial charge in [-0.05, 0) is 73.3 Å². The van der Waals surface area contributed by atoms with E-state index in [9.17, 15) is 14.7 Å². The van der Waals surface area contributed by atoms with Crippen LogP contribution in [0.15, 0.2) is 11.6 Å². The van der Waals surface area contributed by atoms with Gasteiger partial charge in [0.2, 0.25) is 0 Å². The molecular formula is C21H30O4. The molecule has 3 unspecified atom stereocenters. The number of carbonyl (C=O) groups excluding carboxylic acids is 2. The van der Waals surface area contributed by atoms with Gasteiger partial charge in [-0.2, -0.15) is 0 Å². The summed E-state index contributed by atoms with van der Waals surface area (Å²) in [5.74, 6) is 1.48. The molecule has 3 saturated carbocycles. The molecule has 1 N–H and O–H groups in total. The fraction of sp³-hybridized carbons (Fsp3) is 0.810. The molecule has 0 radical (unpaired) electrons. The third-order valence-electron chi connectivity index (χ3n) is 8.20. The third kappa shape index (κ3) is 2.43. The molecule has 4 aliphatic carbocycles. The van der Waals surface area contributed by atoms with E-state index in [4.69, 9.17) is 4.74 Å². The van der Waals surface area contributed by atoms with Gasteiger partial charge in [-0.15, -0.1) is 0 Å². The van der Waals surface area contributed by atoms with Crippen LogP contribution in [-0.2, 0) is 14.3 Å². The molecule has 0 saturated heterocycles. The van der Waals surface area contributed by atoms with Crippen LogP contribution in [0.25, 0.3) is 0 Å². The number of rotatable bonds is 1. The lowest BCUT2D eigenvalue weighted by atomic mass is 9.47. The van der Waals surface area contributed by atoms with Crippen molar-refractivity contribution >= 4 is 11.8 Å². The average molecular weight is 346 g/mol. The topological polar surface area (TPSA) is 63.6 Å². The van der Waals surface area contributed by atoms with Crippen molar-refractivity contribution in [3.05, 3.63) is 11.6 Å². The Morgan fingerprint density at radius 2 is 1.96 bits per heavy atom. The largest absolute Gasteiger partial charge is 0.462 e. The van der Waals surface area contributed by atoms with Crippen molar-refractivity contribution in [1.82, 2.24) is 0 Å². The van der Waals surface area contributed by atoms with Crippen molar-refractivity contribution in [2.24, 2.45) is 28.6 Å². The van der Waals surface area contributed by atoms with Crippen LogP contribution >= 0.6 is 0 Å². The molecule has 0 bridgehead atoms. The monoisotopic (exact) mass is 346 g/mol. The van der Waals surface area contributed by atoms with E-state index < -0.39 is 6.10 Å². The summed E-state index contributed by atoms with van der Waals surface area (Å²) in [6, 6.07) is 0. The van der Waals surface area contributed by atoms with E-state index in [1.165, 1.54) is 6.92 Å². The second kappa shape index (κ2) is 5.67. The molecule has 4 heteroatoms. The Kier molecular flexibility index (Phi) is 3.91. The third-order valence-corrected chi connectivity index (χ3v) is 8.20. The summed E-state index contributed by atoms with van der Waals surface area (Å²) >= 11 is 0. The zero-order chi connectivity index (χ0) is 18.0. The highest BCUT2D eigenvalue weighted by atomic mass is 16.5. The summed E-state index contributed by atoms with van der Waals surface area (Å²) in [6.45, 7) is 6.06. The predicted octanol–water partition coefficient (Wildman–Crippen LogP) is 3.42. The first-order valence-electron chi connectivity index (χ1n) is 9.86. The fourth-order valence-corrected chi connectivity index (χ4v) is 6.95. The second-order valence-electron chi connectivity index (χ2n) is 9.33. The van der Waals surface area contributed by atoms with Crippen molar-refractivity contribution in [1.29, 1.82) is 0 Å². The molecule has 0 spiro atoms. The quantitative estimate of drug-likeness (QED) is 0.739. The summed E-state index contributed by atoms with van der Waals surface area (Å²) < 4.78 is 5.68. The van der Waals surface area contributed by atoms with Gasteiger partial charge in [0.25, 0.3) is 0 Å². The number of hydrogen-bond donors (Lipinski definition) is 1. The summed E-state index contributed by atoms with van der Waals surface area (Å²) in [5.41, 5.74) is 0.981. The number of hydrogen-bond acceptors (Lipinski definition) is 4. The normalized spacial score (nSPS) is 48.9. The van der Waals surface area contributed by atoms with Crippen molar-refractivity contribution in [3.63, 3.8) is 0 Å². The zero-order valence-corrected chi connectivity index (χ0v) is 15.6. The minimum Gasteiger partial charge on any atom is -0.462 e. The average Bonchev–Trinajstić information content (AvgIpc) is 2.86. The Morgan fingerprint density at radius 1 is 1.20 bits per heavy atom. The molecule has 0 aromatic heterocycles. The maximum absolute atomic E-state index is 11.9. The highest BCUT2D eigenvalue weighted by Crippen LogP contribution is 2.65. The van der Waals surface area contributed by atoms with Crippen LogP contribution in [0.5, 0.6) is 0 Å². The minimum atomic E-state index is -0.495. The van der Waals surface area contributed by atoms with E-state index in [0.29, 0.717) is 24.2 Å². The van der Waals surface area contributed by atoms with Crippen LogP contribution in [0.3, 0.4) is 0 Å². The van der Waals surface area contributed by atoms with Crippen molar-refractivity contribution in [3.8, 4) is 0 Å². The Bertz CT molecular complexity index is 638. The van der Waals surface area contributed by atoms with E-state index >= 15 is 0 Å². The van der Waals surface area contributed by atoms with Crippen LogP contribution in [0.1, 0.15) is 65.7 Å². The first-order chi connectivity index (χ1) is 11.8. The van der Waals surface area contributed by atoms with Gasteiger partial charge >= 0.3 is 5.97 Å². The van der Waals surface area contributed by atoms with Gasteiger partial charge in [0, 0.05) is 18.8 Å². The van der Waals surface area contributed by atoms with Gasteiger partial charge in [-0.25, -0.2) is 0 Å². The molecule has 138 valence electrons. The maximum Gasteiger partial charge on any atom is 0.302 e. The summed E-state index contributed by atoms with van der Waals surface area (Å²) in [6.07, 6.45) is 7.69. The van der Waals surface area contributed by atoms with Gasteiger partial charge < -0.3 is 9.84 Å². The van der Waals surface area contributed by atoms with Crippen LogP contribution in [0.4, 0.5) is 0 Å². The maximum atomic E-state index is 11.9. The van der Waals surface area contributed by atoms with Gasteiger partial charge in [0.05, 0.1) is 6.10 Å². The second-order valence-corrected chi connectivity index (χ2v) is 9.33. The van der Waals surface area contributed by atoms with E-state index in [1.54, 1.807) is 6.08 Å². The lowest BCUT2D eigenvalue weighted by molar-refractivity contribution is -0.158. The lowest BCUT2D eigenvalue weighted by Crippen LogP contribution is -2.54. The first-order valence-corrected chi connectivity index (χ1v) is 9.86. The highest BCUT2D eigenvalue weighted by Gasteiger charge is 2.61. The molecule has 4 aliphatic rings. The van der Waals surface area contributed by atoms with Gasteiger partial charge in [-0.1, -0.05) is 13.8 Å². The predicted molar refractivity (Wildman–Crippen MR) is 93.7 cm³/mol. The van der Waals surface area contributed by atoms with Gasteiger partial charge in [-0.3, -0.25) is 9.59 Å². The van der Waals surface area contributed by atoms with E-state index in [2.05, 4.69) is 13.8 Å². The first kappa shape index (κ1) is 17.3. The molecule has 25 heavy (non-hydrogen) atoms. The molecule has 0 amide bonds. The van der Waals surface area contributed by atoms with Gasteiger partial charge in [0.1, 0.15) is 6.10 Å². The molecule has 0 aromatic carbocycles. The van der Waals surface area contributed by atoms with Crippen molar-refractivity contribution < 1.29 is 19.4 Å². The molecule has 0 aromatic rings. The number of esters is 1. The summed E-state index contributed by atoms with van der Waals surface area (Å²) in [5, 5.41) is 10.8. The zero-order valence-electron chi connectivity index (χ0n) is 15.6. The molecule has 7 atom stereocenters. The fourth-order valence-electron chi connectivity index (χ4n) is 6.95. The Balaban J connectivity index is 1.66. The van der Waals surface area contributed by atoms with Crippen LogP contribution in [-0.4, -0.2) is 29.1 Å². The number of ether oxygens (including phenoxy) is 1. The number of aliphatic hydroxyl groups is 1. The SMILES string of the molecule is CC(=O)O[C@H]1CCC2C3C[C@@H](O)C4=CC(=O)CC[C@]4(C)C3CC[C@@]21C. The minimum absolute atomic E-state index is 0.0192. The number of aliphatic hydroxyl groups excluding tert-OH is 1. The lowest BCUT2D eigenvalue weighted by Gasteiger charge is -2.58. The van der Waals surface area contributed by atoms with Gasteiger partial charge in [0.15, 0.2) is 5.78 Å². The number of fused-ring (bicyclic) bond motifs is 5. The van der Waals surface area contributed by atoms with Crippen LogP contribution < -0.4 is 0 Å². The van der Waals surface area contributed by atoms with Crippen LogP contribution in [0.2, 0.25) is 0 Å². The number of ketones is 1. The standard InChI is InChI=1S/C21H30O4/c1-12(22)25-19-5-4-15-14-11-18(24)17-10-13(23)6-8-20(17,2)16(14)7-9-21(15,19)3/h10,14-16,18-19,24H,4-9,11H2,1-3H3/t14?,15?,16?,18-,19+,20-,21+/m1/s1. The summed E-state index contributed by atoms with van der Waals surface area (Å²) in [4.78, 5) is 23.4. The molecule has 4 nitrogen and oxygen atoms in total. The Hall–Kier alpha value is -1.16. The summed E-state index contributed by atoms with van der Waals surface area (Å²) in [7, 11) is 0. The molecule has 0 aliphatic heterocycles. The molecule has 4 rings (SSSR count). The van der Waals surface area contributed by atoms with Crippen LogP contribution in [0, 0.1) is 28.6 Å².